The lowest BCUT2D eigenvalue weighted by Gasteiger charge is -2.14. The van der Waals surface area contributed by atoms with Gasteiger partial charge in [0.25, 0.3) is 0 Å². The molecule has 2 N–H and O–H groups in total. The molecule has 134 valence electrons. The Balaban J connectivity index is 1.92. The lowest BCUT2D eigenvalue weighted by atomic mass is 10.1. The minimum Gasteiger partial charge on any atom is -0.352 e. The molecule has 5 nitrogen and oxygen atoms in total. The van der Waals surface area contributed by atoms with Gasteiger partial charge < -0.3 is 5.32 Å². The number of rotatable bonds is 8. The summed E-state index contributed by atoms with van der Waals surface area (Å²) in [6, 6.07) is 16.4. The zero-order chi connectivity index (χ0) is 18.3. The molecule has 0 unspecified atom stereocenters. The Kier molecular flexibility index (Phi) is 6.73. The molecule has 0 radical (unpaired) electrons. The minimum atomic E-state index is -3.55. The van der Waals surface area contributed by atoms with E-state index < -0.39 is 10.0 Å². The zero-order valence-corrected chi connectivity index (χ0v) is 15.3. The fourth-order valence-electron chi connectivity index (χ4n) is 2.43. The summed E-state index contributed by atoms with van der Waals surface area (Å²) in [6.07, 6.45) is 1.55. The molecule has 0 aliphatic carbocycles. The smallest absolute Gasteiger partial charge is 0.240 e. The Hall–Kier alpha value is -2.18. The number of nitrogens with one attached hydrogen (secondary N) is 2. The lowest BCUT2D eigenvalue weighted by Crippen LogP contribution is -2.33. The van der Waals surface area contributed by atoms with Gasteiger partial charge in [-0.1, -0.05) is 42.5 Å². The van der Waals surface area contributed by atoms with Gasteiger partial charge in [-0.25, -0.2) is 13.1 Å². The normalized spacial score (nSPS) is 12.6. The summed E-state index contributed by atoms with van der Waals surface area (Å²) < 4.78 is 27.6. The number of hydrogen-bond acceptors (Lipinski definition) is 3. The van der Waals surface area contributed by atoms with Crippen molar-refractivity contribution >= 4 is 15.9 Å². The van der Waals surface area contributed by atoms with E-state index in [1.165, 1.54) is 12.5 Å². The largest absolute Gasteiger partial charge is 0.352 e. The van der Waals surface area contributed by atoms with E-state index >= 15 is 0 Å². The third-order valence-electron chi connectivity index (χ3n) is 3.84. The van der Waals surface area contributed by atoms with Crippen LogP contribution < -0.4 is 10.0 Å². The number of aryl methyl sites for hydroxylation is 1. The molecule has 2 aromatic carbocycles. The van der Waals surface area contributed by atoms with Crippen LogP contribution >= 0.6 is 0 Å². The first kappa shape index (κ1) is 19.1. The highest BCUT2D eigenvalue weighted by atomic mass is 32.2. The van der Waals surface area contributed by atoms with E-state index in [2.05, 4.69) is 10.0 Å². The molecule has 6 heteroatoms. The number of amides is 1. The van der Waals surface area contributed by atoms with Gasteiger partial charge in [-0.3, -0.25) is 4.79 Å². The first-order valence-electron chi connectivity index (χ1n) is 8.26. The molecule has 0 saturated heterocycles. The molecule has 2 aromatic rings. The van der Waals surface area contributed by atoms with Crippen molar-refractivity contribution in [2.24, 2.45) is 0 Å². The maximum absolute atomic E-state index is 12.5. The van der Waals surface area contributed by atoms with Crippen LogP contribution in [0.15, 0.2) is 59.5 Å². The van der Waals surface area contributed by atoms with Crippen LogP contribution in [0.4, 0.5) is 0 Å². The van der Waals surface area contributed by atoms with Crippen molar-refractivity contribution in [3.63, 3.8) is 0 Å². The first-order chi connectivity index (χ1) is 11.9. The molecule has 0 fully saturated rings. The van der Waals surface area contributed by atoms with Crippen LogP contribution in [0.25, 0.3) is 0 Å². The molecule has 0 saturated carbocycles. The number of carbonyl (C=O) groups is 1. The molecular weight excluding hydrogens is 336 g/mol. The fraction of sp³-hybridized carbons (Fsp3) is 0.316. The highest BCUT2D eigenvalue weighted by molar-refractivity contribution is 7.89. The Morgan fingerprint density at radius 2 is 1.64 bits per heavy atom. The third-order valence-corrected chi connectivity index (χ3v) is 5.45. The Bertz CT molecular complexity index is 787. The van der Waals surface area contributed by atoms with Crippen molar-refractivity contribution < 1.29 is 13.2 Å². The average molecular weight is 360 g/mol. The average Bonchev–Trinajstić information content (AvgIpc) is 2.59. The van der Waals surface area contributed by atoms with Gasteiger partial charge in [0.05, 0.1) is 4.90 Å². The first-order valence-corrected chi connectivity index (χ1v) is 9.75. The molecule has 0 heterocycles. The van der Waals surface area contributed by atoms with Gasteiger partial charge in [0, 0.05) is 19.5 Å². The van der Waals surface area contributed by atoms with Crippen LogP contribution in [0, 0.1) is 0 Å². The Labute approximate surface area is 149 Å². The van der Waals surface area contributed by atoms with Gasteiger partial charge in [0.15, 0.2) is 0 Å². The van der Waals surface area contributed by atoms with E-state index in [1.54, 1.807) is 24.3 Å². The van der Waals surface area contributed by atoms with Crippen LogP contribution in [0.5, 0.6) is 0 Å². The molecule has 0 bridgehead atoms. The van der Waals surface area contributed by atoms with E-state index in [4.69, 9.17) is 0 Å². The maximum Gasteiger partial charge on any atom is 0.240 e. The van der Waals surface area contributed by atoms with E-state index in [0.717, 1.165) is 18.4 Å². The molecule has 1 amide bonds. The van der Waals surface area contributed by atoms with Crippen molar-refractivity contribution in [3.8, 4) is 0 Å². The lowest BCUT2D eigenvalue weighted by molar-refractivity contribution is -0.119. The van der Waals surface area contributed by atoms with Gasteiger partial charge >= 0.3 is 0 Å². The molecule has 0 aliphatic heterocycles. The number of carbonyl (C=O) groups excluding carboxylic acids is 1. The maximum atomic E-state index is 12.5. The molecule has 0 spiro atoms. The third kappa shape index (κ3) is 6.32. The van der Waals surface area contributed by atoms with Crippen LogP contribution in [0.3, 0.4) is 0 Å². The number of hydrogen-bond donors (Lipinski definition) is 2. The van der Waals surface area contributed by atoms with Crippen LogP contribution in [0.1, 0.15) is 31.4 Å². The minimum absolute atomic E-state index is 0.120. The van der Waals surface area contributed by atoms with Gasteiger partial charge in [-0.2, -0.15) is 0 Å². The monoisotopic (exact) mass is 360 g/mol. The topological polar surface area (TPSA) is 75.3 Å². The van der Waals surface area contributed by atoms with Crippen LogP contribution in [-0.4, -0.2) is 20.4 Å². The Morgan fingerprint density at radius 3 is 2.24 bits per heavy atom. The fourth-order valence-corrected chi connectivity index (χ4v) is 3.71. The van der Waals surface area contributed by atoms with Gasteiger partial charge in [-0.15, -0.1) is 0 Å². The second kappa shape index (κ2) is 8.78. The molecule has 0 aliphatic rings. The van der Waals surface area contributed by atoms with Crippen molar-refractivity contribution in [1.82, 2.24) is 10.0 Å². The molecule has 2 rings (SSSR count). The van der Waals surface area contributed by atoms with Crippen molar-refractivity contribution in [2.45, 2.75) is 44.2 Å². The SMILES string of the molecule is CC(=O)NCc1ccc(S(=O)(=O)N[C@H](C)CCc2ccccc2)cc1. The summed E-state index contributed by atoms with van der Waals surface area (Å²) in [6.45, 7) is 3.70. The highest BCUT2D eigenvalue weighted by Crippen LogP contribution is 2.13. The van der Waals surface area contributed by atoms with Gasteiger partial charge in [-0.05, 0) is 43.0 Å². The van der Waals surface area contributed by atoms with E-state index in [0.29, 0.717) is 6.54 Å². The van der Waals surface area contributed by atoms with Crippen LogP contribution in [0.2, 0.25) is 0 Å². The predicted octanol–water partition coefficient (Wildman–Crippen LogP) is 2.62. The second-order valence-corrected chi connectivity index (χ2v) is 7.81. The van der Waals surface area contributed by atoms with E-state index in [-0.39, 0.29) is 16.8 Å². The zero-order valence-electron chi connectivity index (χ0n) is 14.5. The van der Waals surface area contributed by atoms with Crippen molar-refractivity contribution in [3.05, 3.63) is 65.7 Å². The summed E-state index contributed by atoms with van der Waals surface area (Å²) >= 11 is 0. The van der Waals surface area contributed by atoms with Gasteiger partial charge in [0.2, 0.25) is 15.9 Å². The van der Waals surface area contributed by atoms with E-state index in [1.807, 2.05) is 37.3 Å². The Morgan fingerprint density at radius 1 is 1.00 bits per heavy atom. The standard InChI is InChI=1S/C19H24N2O3S/c1-15(8-9-17-6-4-3-5-7-17)21-25(23,24)19-12-10-18(11-13-19)14-20-16(2)22/h3-7,10-13,15,21H,8-9,14H2,1-2H3,(H,20,22)/t15-/m1/s1. The quantitative estimate of drug-likeness (QED) is 0.760. The molecule has 0 aromatic heterocycles. The van der Waals surface area contributed by atoms with Gasteiger partial charge in [0.1, 0.15) is 0 Å². The van der Waals surface area contributed by atoms with Crippen molar-refractivity contribution in [2.75, 3.05) is 0 Å². The van der Waals surface area contributed by atoms with Crippen LogP contribution in [-0.2, 0) is 27.8 Å². The second-order valence-electron chi connectivity index (χ2n) is 6.10. The number of benzene rings is 2. The summed E-state index contributed by atoms with van der Waals surface area (Å²) in [5.74, 6) is -0.120. The van der Waals surface area contributed by atoms with E-state index in [9.17, 15) is 13.2 Å². The summed E-state index contributed by atoms with van der Waals surface area (Å²) in [4.78, 5) is 11.1. The van der Waals surface area contributed by atoms with Crippen molar-refractivity contribution in [1.29, 1.82) is 0 Å². The molecule has 25 heavy (non-hydrogen) atoms. The molecule has 1 atom stereocenters. The summed E-state index contributed by atoms with van der Waals surface area (Å²) in [7, 11) is -3.55. The molecular formula is C19H24N2O3S. The highest BCUT2D eigenvalue weighted by Gasteiger charge is 2.17. The number of sulfonamides is 1. The predicted molar refractivity (Wildman–Crippen MR) is 98.5 cm³/mol. The summed E-state index contributed by atoms with van der Waals surface area (Å²) in [5, 5.41) is 2.68. The summed E-state index contributed by atoms with van der Waals surface area (Å²) in [5.41, 5.74) is 2.04.